The largest absolute Gasteiger partial charge is 0.487 e. The van der Waals surface area contributed by atoms with E-state index < -0.39 is 0 Å². The lowest BCUT2D eigenvalue weighted by molar-refractivity contribution is -0.684. The van der Waals surface area contributed by atoms with Gasteiger partial charge in [0.15, 0.2) is 12.4 Å². The summed E-state index contributed by atoms with van der Waals surface area (Å²) in [4.78, 5) is 12.3. The third kappa shape index (κ3) is 4.86. The van der Waals surface area contributed by atoms with Gasteiger partial charge in [-0.2, -0.15) is 9.67 Å². The van der Waals surface area contributed by atoms with Gasteiger partial charge in [0.05, 0.1) is 16.9 Å². The number of carbonyl (C=O) groups is 1. The van der Waals surface area contributed by atoms with Crippen LogP contribution in [-0.2, 0) is 17.9 Å². The molecule has 2 aromatic carbocycles. The highest BCUT2D eigenvalue weighted by Gasteiger charge is 2.25. The minimum absolute atomic E-state index is 0.0446. The monoisotopic (exact) mass is 425 g/mol. The van der Waals surface area contributed by atoms with Crippen molar-refractivity contribution in [1.29, 1.82) is 0 Å². The van der Waals surface area contributed by atoms with E-state index in [-0.39, 0.29) is 5.91 Å². The van der Waals surface area contributed by atoms with E-state index in [1.165, 1.54) is 0 Å². The van der Waals surface area contributed by atoms with Crippen molar-refractivity contribution in [3.8, 4) is 22.7 Å². The lowest BCUT2D eigenvalue weighted by atomic mass is 10.2. The van der Waals surface area contributed by atoms with Crippen molar-refractivity contribution in [2.75, 3.05) is 0 Å². The van der Waals surface area contributed by atoms with Crippen LogP contribution in [0, 0.1) is 0 Å². The first-order chi connectivity index (χ1) is 15.7. The predicted octanol–water partition coefficient (Wildman–Crippen LogP) is 3.68. The van der Waals surface area contributed by atoms with Gasteiger partial charge in [-0.1, -0.05) is 36.4 Å². The summed E-state index contributed by atoms with van der Waals surface area (Å²) in [5.41, 5.74) is 3.72. The standard InChI is InChI=1S/C26H24N4O2/c31-26(27-21-13-14-21)18-29-15-7-8-20(17-29)25-16-22(19-32-24-11-5-2-6-12-24)28-30(25)23-9-3-1-4-10-23/h1-12,15-17,21H,13-14,18-19H2/p+1. The summed E-state index contributed by atoms with van der Waals surface area (Å²) in [7, 11) is 0. The molecule has 1 aliphatic rings. The van der Waals surface area contributed by atoms with Gasteiger partial charge in [0.25, 0.3) is 5.91 Å². The molecule has 0 bridgehead atoms. The number of carbonyl (C=O) groups excluding carboxylic acids is 1. The van der Waals surface area contributed by atoms with Gasteiger partial charge in [0.2, 0.25) is 6.54 Å². The zero-order valence-electron chi connectivity index (χ0n) is 17.7. The maximum absolute atomic E-state index is 12.3. The van der Waals surface area contributed by atoms with E-state index >= 15 is 0 Å². The van der Waals surface area contributed by atoms with Crippen LogP contribution < -0.4 is 14.6 Å². The number of nitrogens with one attached hydrogen (secondary N) is 1. The highest BCUT2D eigenvalue weighted by molar-refractivity contribution is 5.75. The number of ether oxygens (including phenoxy) is 1. The summed E-state index contributed by atoms with van der Waals surface area (Å²) in [5, 5.41) is 7.85. The summed E-state index contributed by atoms with van der Waals surface area (Å²) in [6.45, 7) is 0.668. The molecule has 1 fully saturated rings. The van der Waals surface area contributed by atoms with Crippen molar-refractivity contribution in [3.05, 3.63) is 97.0 Å². The van der Waals surface area contributed by atoms with E-state index in [2.05, 4.69) is 5.32 Å². The molecule has 1 amide bonds. The van der Waals surface area contributed by atoms with Crippen LogP contribution >= 0.6 is 0 Å². The summed E-state index contributed by atoms with van der Waals surface area (Å²) >= 11 is 0. The number of para-hydroxylation sites is 2. The number of amides is 1. The summed E-state index contributed by atoms with van der Waals surface area (Å²) in [6.07, 6.45) is 6.07. The number of aromatic nitrogens is 3. The van der Waals surface area contributed by atoms with E-state index in [0.29, 0.717) is 19.2 Å². The molecule has 6 heteroatoms. The maximum atomic E-state index is 12.3. The van der Waals surface area contributed by atoms with Gasteiger partial charge in [0, 0.05) is 12.1 Å². The molecule has 0 unspecified atom stereocenters. The number of nitrogens with zero attached hydrogens (tertiary/aromatic N) is 3. The van der Waals surface area contributed by atoms with Crippen LogP contribution in [0.15, 0.2) is 91.3 Å². The smallest absolute Gasteiger partial charge is 0.286 e. The Hall–Kier alpha value is -3.93. The minimum Gasteiger partial charge on any atom is -0.487 e. The van der Waals surface area contributed by atoms with Crippen molar-refractivity contribution < 1.29 is 14.1 Å². The molecule has 1 N–H and O–H groups in total. The lowest BCUT2D eigenvalue weighted by Crippen LogP contribution is -2.43. The second kappa shape index (κ2) is 9.06. The van der Waals surface area contributed by atoms with Crippen LogP contribution in [0.2, 0.25) is 0 Å². The fraction of sp³-hybridized carbons (Fsp3) is 0.192. The van der Waals surface area contributed by atoms with E-state index in [0.717, 1.165) is 41.2 Å². The summed E-state index contributed by atoms with van der Waals surface area (Å²) in [6, 6.07) is 26.2. The minimum atomic E-state index is 0.0446. The zero-order valence-corrected chi connectivity index (χ0v) is 17.7. The average molecular weight is 426 g/mol. The van der Waals surface area contributed by atoms with E-state index in [1.807, 2.05) is 101 Å². The molecular weight excluding hydrogens is 400 g/mol. The molecule has 0 atom stereocenters. The number of hydrogen-bond donors (Lipinski definition) is 1. The third-order valence-corrected chi connectivity index (χ3v) is 5.31. The molecule has 1 saturated carbocycles. The maximum Gasteiger partial charge on any atom is 0.286 e. The van der Waals surface area contributed by atoms with Gasteiger partial charge in [-0.15, -0.1) is 0 Å². The Bertz CT molecular complexity index is 1200. The summed E-state index contributed by atoms with van der Waals surface area (Å²) < 4.78 is 9.75. The quantitative estimate of drug-likeness (QED) is 0.438. The molecule has 2 heterocycles. The molecule has 0 saturated heterocycles. The van der Waals surface area contributed by atoms with Gasteiger partial charge in [-0.25, -0.2) is 4.68 Å². The lowest BCUT2D eigenvalue weighted by Gasteiger charge is -2.07. The van der Waals surface area contributed by atoms with Gasteiger partial charge < -0.3 is 10.1 Å². The molecular formula is C26H25N4O2+. The Balaban J connectivity index is 1.43. The highest BCUT2D eigenvalue weighted by atomic mass is 16.5. The van der Waals surface area contributed by atoms with Crippen LogP contribution in [0.25, 0.3) is 16.9 Å². The molecule has 1 aliphatic carbocycles. The van der Waals surface area contributed by atoms with Gasteiger partial charge in [-0.3, -0.25) is 4.79 Å². The Labute approximate surface area is 187 Å². The first-order valence-corrected chi connectivity index (χ1v) is 10.9. The molecule has 0 aliphatic heterocycles. The van der Waals surface area contributed by atoms with E-state index in [1.54, 1.807) is 0 Å². The first-order valence-electron chi connectivity index (χ1n) is 10.9. The molecule has 32 heavy (non-hydrogen) atoms. The average Bonchev–Trinajstić information content (AvgIpc) is 3.53. The Kier molecular flexibility index (Phi) is 5.66. The van der Waals surface area contributed by atoms with Crippen molar-refractivity contribution in [2.24, 2.45) is 0 Å². The van der Waals surface area contributed by atoms with Crippen LogP contribution in [0.4, 0.5) is 0 Å². The number of rotatable bonds is 8. The van der Waals surface area contributed by atoms with Crippen molar-refractivity contribution in [1.82, 2.24) is 15.1 Å². The first kappa shape index (κ1) is 20.0. The zero-order chi connectivity index (χ0) is 21.8. The Morgan fingerprint density at radius 2 is 1.78 bits per heavy atom. The number of pyridine rings is 1. The molecule has 6 nitrogen and oxygen atoms in total. The van der Waals surface area contributed by atoms with Crippen LogP contribution in [0.3, 0.4) is 0 Å². The van der Waals surface area contributed by atoms with Gasteiger partial charge in [-0.05, 0) is 49.2 Å². The second-order valence-electron chi connectivity index (χ2n) is 7.98. The van der Waals surface area contributed by atoms with Crippen LogP contribution in [-0.4, -0.2) is 21.7 Å². The van der Waals surface area contributed by atoms with Crippen molar-refractivity contribution in [3.63, 3.8) is 0 Å². The molecule has 2 aromatic heterocycles. The number of hydrogen-bond acceptors (Lipinski definition) is 3. The number of benzene rings is 2. The Morgan fingerprint density at radius 1 is 1.03 bits per heavy atom. The highest BCUT2D eigenvalue weighted by Crippen LogP contribution is 2.24. The third-order valence-electron chi connectivity index (χ3n) is 5.31. The normalized spacial score (nSPS) is 13.0. The fourth-order valence-corrected chi connectivity index (χ4v) is 3.58. The predicted molar refractivity (Wildman–Crippen MR) is 121 cm³/mol. The second-order valence-corrected chi connectivity index (χ2v) is 7.98. The van der Waals surface area contributed by atoms with Crippen molar-refractivity contribution >= 4 is 5.91 Å². The Morgan fingerprint density at radius 3 is 2.53 bits per heavy atom. The molecule has 5 rings (SSSR count). The molecule has 0 radical (unpaired) electrons. The van der Waals surface area contributed by atoms with Gasteiger partial charge in [0.1, 0.15) is 18.1 Å². The summed E-state index contributed by atoms with van der Waals surface area (Å²) in [5.74, 6) is 0.853. The van der Waals surface area contributed by atoms with E-state index in [9.17, 15) is 4.79 Å². The van der Waals surface area contributed by atoms with Gasteiger partial charge >= 0.3 is 0 Å². The molecule has 0 spiro atoms. The van der Waals surface area contributed by atoms with Crippen LogP contribution in [0.5, 0.6) is 5.75 Å². The van der Waals surface area contributed by atoms with Crippen molar-refractivity contribution in [2.45, 2.75) is 32.0 Å². The molecule has 160 valence electrons. The van der Waals surface area contributed by atoms with Crippen LogP contribution in [0.1, 0.15) is 18.5 Å². The fourth-order valence-electron chi connectivity index (χ4n) is 3.58. The SMILES string of the molecule is O=C(C[n+]1cccc(-c2cc(COc3ccccc3)nn2-c2ccccc2)c1)NC1CC1. The topological polar surface area (TPSA) is 60.0 Å². The van der Waals surface area contributed by atoms with E-state index in [4.69, 9.17) is 9.84 Å². The molecule has 4 aromatic rings.